The first-order valence-corrected chi connectivity index (χ1v) is 6.38. The molecule has 0 saturated carbocycles. The largest absolute Gasteiger partial charge is 0.450 e. The molecule has 5 heteroatoms. The Morgan fingerprint density at radius 2 is 2.16 bits per heavy atom. The maximum atomic E-state index is 13.5. The topological polar surface area (TPSA) is 45.5 Å². The molecule has 100 valence electrons. The first-order valence-electron chi connectivity index (χ1n) is 6.38. The van der Waals surface area contributed by atoms with Crippen LogP contribution in [0.3, 0.4) is 0 Å². The third kappa shape index (κ3) is 2.52. The van der Waals surface area contributed by atoms with Crippen molar-refractivity contribution >= 4 is 16.8 Å². The van der Waals surface area contributed by atoms with E-state index in [1.807, 2.05) is 0 Å². The van der Waals surface area contributed by atoms with E-state index in [1.165, 1.54) is 6.07 Å². The molecular formula is C14H15FN2O2. The number of nitrogens with one attached hydrogen (secondary N) is 1. The summed E-state index contributed by atoms with van der Waals surface area (Å²) in [4.78, 5) is 14.2. The highest BCUT2D eigenvalue weighted by molar-refractivity contribution is 5.98. The monoisotopic (exact) mass is 262 g/mol. The molecule has 0 spiro atoms. The van der Waals surface area contributed by atoms with E-state index in [0.29, 0.717) is 11.9 Å². The second-order valence-corrected chi connectivity index (χ2v) is 4.72. The molecule has 2 heterocycles. The fourth-order valence-electron chi connectivity index (χ4n) is 2.32. The van der Waals surface area contributed by atoms with Crippen LogP contribution in [-0.4, -0.2) is 43.4 Å². The zero-order valence-corrected chi connectivity index (χ0v) is 10.5. The Bertz CT molecular complexity index is 603. The number of halogens is 1. The molecule has 1 aromatic heterocycles. The SMILES string of the molecule is O=C(CN1CCNCC1)c1cc2cccc(F)c2o1. The number of hydrogen-bond donors (Lipinski definition) is 1. The van der Waals surface area contributed by atoms with Gasteiger partial charge < -0.3 is 9.73 Å². The molecule has 0 aliphatic carbocycles. The predicted molar refractivity (Wildman–Crippen MR) is 69.8 cm³/mol. The van der Waals surface area contributed by atoms with Gasteiger partial charge in [0.15, 0.2) is 17.2 Å². The van der Waals surface area contributed by atoms with E-state index < -0.39 is 5.82 Å². The normalized spacial score (nSPS) is 16.9. The number of piperazine rings is 1. The van der Waals surface area contributed by atoms with Gasteiger partial charge in [-0.05, 0) is 12.1 Å². The Hall–Kier alpha value is -1.72. The molecule has 1 N–H and O–H groups in total. The summed E-state index contributed by atoms with van der Waals surface area (Å²) in [6.45, 7) is 3.80. The van der Waals surface area contributed by atoms with Crippen LogP contribution < -0.4 is 5.32 Å². The molecule has 0 unspecified atom stereocenters. The number of rotatable bonds is 3. The van der Waals surface area contributed by atoms with Crippen LogP contribution in [-0.2, 0) is 0 Å². The first-order chi connectivity index (χ1) is 9.24. The van der Waals surface area contributed by atoms with Gasteiger partial charge in [-0.25, -0.2) is 4.39 Å². The summed E-state index contributed by atoms with van der Waals surface area (Å²) in [5.74, 6) is -0.296. The minimum atomic E-state index is -0.432. The Labute approximate surface area is 110 Å². The van der Waals surface area contributed by atoms with Crippen molar-refractivity contribution < 1.29 is 13.6 Å². The Morgan fingerprint density at radius 3 is 2.89 bits per heavy atom. The highest BCUT2D eigenvalue weighted by atomic mass is 19.1. The van der Waals surface area contributed by atoms with Crippen molar-refractivity contribution in [3.05, 3.63) is 35.8 Å². The highest BCUT2D eigenvalue weighted by Crippen LogP contribution is 2.22. The van der Waals surface area contributed by atoms with Crippen molar-refractivity contribution in [2.45, 2.75) is 0 Å². The fraction of sp³-hybridized carbons (Fsp3) is 0.357. The highest BCUT2D eigenvalue weighted by Gasteiger charge is 2.18. The number of fused-ring (bicyclic) bond motifs is 1. The van der Waals surface area contributed by atoms with E-state index in [1.54, 1.807) is 18.2 Å². The lowest BCUT2D eigenvalue weighted by Crippen LogP contribution is -2.45. The maximum Gasteiger partial charge on any atom is 0.211 e. The lowest BCUT2D eigenvalue weighted by molar-refractivity contribution is 0.0896. The number of hydrogen-bond acceptors (Lipinski definition) is 4. The van der Waals surface area contributed by atoms with Crippen LogP contribution in [0.2, 0.25) is 0 Å². The lowest BCUT2D eigenvalue weighted by Gasteiger charge is -2.25. The van der Waals surface area contributed by atoms with Gasteiger partial charge in [0.25, 0.3) is 0 Å². The van der Waals surface area contributed by atoms with Crippen molar-refractivity contribution in [3.8, 4) is 0 Å². The van der Waals surface area contributed by atoms with Crippen LogP contribution in [0.15, 0.2) is 28.7 Å². The average molecular weight is 262 g/mol. The maximum absolute atomic E-state index is 13.5. The van der Waals surface area contributed by atoms with Crippen LogP contribution in [0.4, 0.5) is 4.39 Å². The summed E-state index contributed by atoms with van der Waals surface area (Å²) in [7, 11) is 0. The minimum absolute atomic E-state index is 0.0995. The molecule has 0 amide bonds. The molecule has 1 aliphatic rings. The van der Waals surface area contributed by atoms with E-state index in [2.05, 4.69) is 10.2 Å². The molecule has 2 aromatic rings. The van der Waals surface area contributed by atoms with Crippen LogP contribution in [0.1, 0.15) is 10.6 Å². The number of para-hydroxylation sites is 1. The molecule has 0 radical (unpaired) electrons. The number of furan rings is 1. The van der Waals surface area contributed by atoms with Crippen molar-refractivity contribution in [2.24, 2.45) is 0 Å². The zero-order chi connectivity index (χ0) is 13.2. The summed E-state index contributed by atoms with van der Waals surface area (Å²) >= 11 is 0. The van der Waals surface area contributed by atoms with Gasteiger partial charge in [0, 0.05) is 31.6 Å². The third-order valence-electron chi connectivity index (χ3n) is 3.35. The summed E-state index contributed by atoms with van der Waals surface area (Å²) in [5.41, 5.74) is 0.158. The Morgan fingerprint density at radius 1 is 1.37 bits per heavy atom. The molecule has 1 saturated heterocycles. The summed E-state index contributed by atoms with van der Waals surface area (Å²) < 4.78 is 18.8. The number of benzene rings is 1. The molecule has 0 bridgehead atoms. The van der Waals surface area contributed by atoms with Gasteiger partial charge in [0.05, 0.1) is 6.54 Å². The Balaban J connectivity index is 1.79. The number of nitrogens with zero attached hydrogens (tertiary/aromatic N) is 1. The van der Waals surface area contributed by atoms with Crippen LogP contribution >= 0.6 is 0 Å². The van der Waals surface area contributed by atoms with Crippen LogP contribution in [0, 0.1) is 5.82 Å². The summed E-state index contributed by atoms with van der Waals surface area (Å²) in [6, 6.07) is 6.29. The molecule has 1 fully saturated rings. The molecule has 4 nitrogen and oxygen atoms in total. The number of carbonyl (C=O) groups excluding carboxylic acids is 1. The van der Waals surface area contributed by atoms with E-state index >= 15 is 0 Å². The first kappa shape index (κ1) is 12.3. The van der Waals surface area contributed by atoms with Gasteiger partial charge in [0.1, 0.15) is 0 Å². The Kier molecular flexibility index (Phi) is 3.31. The second-order valence-electron chi connectivity index (χ2n) is 4.72. The smallest absolute Gasteiger partial charge is 0.211 e. The zero-order valence-electron chi connectivity index (χ0n) is 10.5. The lowest BCUT2D eigenvalue weighted by atomic mass is 10.2. The van der Waals surface area contributed by atoms with Crippen molar-refractivity contribution in [2.75, 3.05) is 32.7 Å². The molecule has 1 aromatic carbocycles. The van der Waals surface area contributed by atoms with E-state index in [9.17, 15) is 9.18 Å². The molecule has 1 aliphatic heterocycles. The average Bonchev–Trinajstić information content (AvgIpc) is 2.85. The van der Waals surface area contributed by atoms with Gasteiger partial charge >= 0.3 is 0 Å². The standard InChI is InChI=1S/C14H15FN2O2/c15-11-3-1-2-10-8-13(19-14(10)11)12(18)9-17-6-4-16-5-7-17/h1-3,8,16H,4-7,9H2. The molecule has 0 atom stereocenters. The molecule has 19 heavy (non-hydrogen) atoms. The molecule has 3 rings (SSSR count). The van der Waals surface area contributed by atoms with E-state index in [0.717, 1.165) is 26.2 Å². The van der Waals surface area contributed by atoms with Crippen LogP contribution in [0.25, 0.3) is 11.0 Å². The minimum Gasteiger partial charge on any atom is -0.450 e. The molecular weight excluding hydrogens is 247 g/mol. The van der Waals surface area contributed by atoms with Gasteiger partial charge in [-0.1, -0.05) is 12.1 Å². The van der Waals surface area contributed by atoms with Crippen molar-refractivity contribution in [1.82, 2.24) is 10.2 Å². The van der Waals surface area contributed by atoms with E-state index in [-0.39, 0.29) is 17.1 Å². The van der Waals surface area contributed by atoms with E-state index in [4.69, 9.17) is 4.42 Å². The van der Waals surface area contributed by atoms with Crippen LogP contribution in [0.5, 0.6) is 0 Å². The number of Topliss-reactive ketones (excluding diaryl/α,β-unsaturated/α-hetero) is 1. The summed E-state index contributed by atoms with van der Waals surface area (Å²) in [5, 5.41) is 3.86. The van der Waals surface area contributed by atoms with Gasteiger partial charge in [-0.3, -0.25) is 9.69 Å². The van der Waals surface area contributed by atoms with Crippen molar-refractivity contribution in [3.63, 3.8) is 0 Å². The predicted octanol–water partition coefficient (Wildman–Crippen LogP) is 1.66. The van der Waals surface area contributed by atoms with Gasteiger partial charge in [-0.15, -0.1) is 0 Å². The fourth-order valence-corrected chi connectivity index (χ4v) is 2.32. The van der Waals surface area contributed by atoms with Gasteiger partial charge in [-0.2, -0.15) is 0 Å². The quantitative estimate of drug-likeness (QED) is 0.854. The number of ketones is 1. The van der Waals surface area contributed by atoms with Gasteiger partial charge in [0.2, 0.25) is 5.78 Å². The van der Waals surface area contributed by atoms with Crippen molar-refractivity contribution in [1.29, 1.82) is 0 Å². The second kappa shape index (κ2) is 5.11. The third-order valence-corrected chi connectivity index (χ3v) is 3.35. The summed E-state index contributed by atoms with van der Waals surface area (Å²) in [6.07, 6.45) is 0. The number of carbonyl (C=O) groups is 1.